The Kier molecular flexibility index (Phi) is 3.72. The average molecular weight is 240 g/mol. The lowest BCUT2D eigenvalue weighted by Crippen LogP contribution is -2.26. The summed E-state index contributed by atoms with van der Waals surface area (Å²) >= 11 is 0. The van der Waals surface area contributed by atoms with Crippen LogP contribution in [0.1, 0.15) is 41.5 Å². The van der Waals surface area contributed by atoms with Gasteiger partial charge in [-0.3, -0.25) is 4.79 Å². The number of esters is 1. The van der Waals surface area contributed by atoms with E-state index in [0.29, 0.717) is 0 Å². The van der Waals surface area contributed by atoms with Crippen LogP contribution in [0.25, 0.3) is 0 Å². The fourth-order valence-electron chi connectivity index (χ4n) is 2.16. The summed E-state index contributed by atoms with van der Waals surface area (Å²) in [7, 11) is 0. The number of rotatable bonds is 3. The number of carbonyl (C=O) groups excluding carboxylic acids is 1. The highest BCUT2D eigenvalue weighted by atomic mass is 16.6. The second-order valence-corrected chi connectivity index (χ2v) is 6.53. The van der Waals surface area contributed by atoms with Crippen molar-refractivity contribution in [2.45, 2.75) is 47.1 Å². The Morgan fingerprint density at radius 2 is 1.94 bits per heavy atom. The van der Waals surface area contributed by atoms with Gasteiger partial charge in [0.1, 0.15) is 5.60 Å². The van der Waals surface area contributed by atoms with E-state index in [1.807, 2.05) is 33.8 Å². The zero-order chi connectivity index (χ0) is 13.4. The molecular formula is C14H24O3. The van der Waals surface area contributed by atoms with Gasteiger partial charge in [-0.25, -0.2) is 0 Å². The minimum Gasteiger partial charge on any atom is -0.460 e. The van der Waals surface area contributed by atoms with Gasteiger partial charge in [-0.2, -0.15) is 0 Å². The standard InChI is InChI=1S/C14H24O3/c1-9(8-15)7-10-11(14(10,5)6)12(16)17-13(2,3)4/h7,10-11,15H,8H2,1-6H3. The predicted octanol–water partition coefficient (Wildman–Crippen LogP) is 2.54. The van der Waals surface area contributed by atoms with Crippen LogP contribution in [-0.4, -0.2) is 23.3 Å². The molecule has 0 bridgehead atoms. The quantitative estimate of drug-likeness (QED) is 0.609. The molecule has 2 unspecified atom stereocenters. The van der Waals surface area contributed by atoms with Crippen molar-refractivity contribution in [3.05, 3.63) is 11.6 Å². The van der Waals surface area contributed by atoms with Crippen LogP contribution < -0.4 is 0 Å². The molecule has 0 aromatic heterocycles. The van der Waals surface area contributed by atoms with Gasteiger partial charge in [0.25, 0.3) is 0 Å². The number of aliphatic hydroxyl groups excluding tert-OH is 1. The fraction of sp³-hybridized carbons (Fsp3) is 0.786. The van der Waals surface area contributed by atoms with Crippen LogP contribution in [0.3, 0.4) is 0 Å². The van der Waals surface area contributed by atoms with Crippen molar-refractivity contribution in [2.24, 2.45) is 17.3 Å². The Morgan fingerprint density at radius 3 is 2.35 bits per heavy atom. The molecule has 1 aliphatic rings. The molecule has 1 aliphatic carbocycles. The minimum absolute atomic E-state index is 0.0492. The molecule has 0 radical (unpaired) electrons. The van der Waals surface area contributed by atoms with Crippen LogP contribution >= 0.6 is 0 Å². The van der Waals surface area contributed by atoms with Crippen molar-refractivity contribution in [2.75, 3.05) is 6.61 Å². The van der Waals surface area contributed by atoms with Crippen molar-refractivity contribution in [1.29, 1.82) is 0 Å². The molecule has 0 saturated heterocycles. The number of hydrogen-bond donors (Lipinski definition) is 1. The first-order chi connectivity index (χ1) is 7.59. The van der Waals surface area contributed by atoms with E-state index in [0.717, 1.165) is 5.57 Å². The normalized spacial score (nSPS) is 27.8. The summed E-state index contributed by atoms with van der Waals surface area (Å²) in [5, 5.41) is 9.01. The lowest BCUT2D eigenvalue weighted by Gasteiger charge is -2.19. The third-order valence-corrected chi connectivity index (χ3v) is 3.28. The lowest BCUT2D eigenvalue weighted by molar-refractivity contribution is -0.157. The van der Waals surface area contributed by atoms with Crippen LogP contribution in [0.15, 0.2) is 11.6 Å². The Labute approximate surface area is 104 Å². The van der Waals surface area contributed by atoms with Crippen LogP contribution in [0.5, 0.6) is 0 Å². The van der Waals surface area contributed by atoms with Crippen LogP contribution in [-0.2, 0) is 9.53 Å². The summed E-state index contributed by atoms with van der Waals surface area (Å²) in [5.41, 5.74) is 0.420. The van der Waals surface area contributed by atoms with Gasteiger partial charge in [-0.15, -0.1) is 0 Å². The molecule has 98 valence electrons. The zero-order valence-electron chi connectivity index (χ0n) is 11.7. The molecule has 0 aromatic rings. The molecule has 1 fully saturated rings. The van der Waals surface area contributed by atoms with Gasteiger partial charge in [0.05, 0.1) is 12.5 Å². The number of allylic oxidation sites excluding steroid dienone is 1. The SMILES string of the molecule is CC(=CC1C(C(=O)OC(C)(C)C)C1(C)C)CO. The molecule has 0 heterocycles. The average Bonchev–Trinajstić information content (AvgIpc) is 2.65. The molecule has 1 rings (SSSR count). The van der Waals surface area contributed by atoms with Crippen LogP contribution in [0.2, 0.25) is 0 Å². The molecule has 1 N–H and O–H groups in total. The monoisotopic (exact) mass is 240 g/mol. The van der Waals surface area contributed by atoms with Gasteiger partial charge in [0, 0.05) is 0 Å². The fourth-order valence-corrected chi connectivity index (χ4v) is 2.16. The second kappa shape index (κ2) is 4.45. The highest BCUT2D eigenvalue weighted by Gasteiger charge is 2.61. The van der Waals surface area contributed by atoms with Gasteiger partial charge in [-0.05, 0) is 39.0 Å². The maximum absolute atomic E-state index is 12.0. The van der Waals surface area contributed by atoms with E-state index < -0.39 is 5.60 Å². The molecule has 2 atom stereocenters. The summed E-state index contributed by atoms with van der Waals surface area (Å²) in [6, 6.07) is 0. The first-order valence-corrected chi connectivity index (χ1v) is 6.10. The zero-order valence-corrected chi connectivity index (χ0v) is 11.7. The van der Waals surface area contributed by atoms with Crippen LogP contribution in [0, 0.1) is 17.3 Å². The van der Waals surface area contributed by atoms with Crippen molar-refractivity contribution < 1.29 is 14.6 Å². The molecular weight excluding hydrogens is 216 g/mol. The lowest BCUT2D eigenvalue weighted by atomic mass is 10.1. The number of ether oxygens (including phenoxy) is 1. The first-order valence-electron chi connectivity index (χ1n) is 6.10. The molecule has 0 spiro atoms. The van der Waals surface area contributed by atoms with Crippen molar-refractivity contribution in [1.82, 2.24) is 0 Å². The van der Waals surface area contributed by atoms with E-state index in [9.17, 15) is 4.79 Å². The highest BCUT2D eigenvalue weighted by molar-refractivity contribution is 5.78. The predicted molar refractivity (Wildman–Crippen MR) is 67.4 cm³/mol. The van der Waals surface area contributed by atoms with E-state index in [1.165, 1.54) is 0 Å². The molecule has 3 nitrogen and oxygen atoms in total. The minimum atomic E-state index is -0.434. The largest absolute Gasteiger partial charge is 0.460 e. The highest BCUT2D eigenvalue weighted by Crippen LogP contribution is 2.60. The van der Waals surface area contributed by atoms with Crippen molar-refractivity contribution in [3.8, 4) is 0 Å². The van der Waals surface area contributed by atoms with Gasteiger partial charge in [0.15, 0.2) is 0 Å². The summed E-state index contributed by atoms with van der Waals surface area (Å²) in [6.07, 6.45) is 1.99. The van der Waals surface area contributed by atoms with E-state index in [4.69, 9.17) is 9.84 Å². The molecule has 0 amide bonds. The summed E-state index contributed by atoms with van der Waals surface area (Å²) in [6.45, 7) is 11.7. The van der Waals surface area contributed by atoms with E-state index in [1.54, 1.807) is 0 Å². The smallest absolute Gasteiger partial charge is 0.310 e. The van der Waals surface area contributed by atoms with Gasteiger partial charge in [0.2, 0.25) is 0 Å². The Balaban J connectivity index is 2.71. The first kappa shape index (κ1) is 14.2. The third-order valence-electron chi connectivity index (χ3n) is 3.28. The van der Waals surface area contributed by atoms with E-state index >= 15 is 0 Å². The number of hydrogen-bond acceptors (Lipinski definition) is 3. The summed E-state index contributed by atoms with van der Waals surface area (Å²) < 4.78 is 5.41. The maximum atomic E-state index is 12.0. The summed E-state index contributed by atoms with van der Waals surface area (Å²) in [4.78, 5) is 12.0. The van der Waals surface area contributed by atoms with Gasteiger partial charge < -0.3 is 9.84 Å². The Morgan fingerprint density at radius 1 is 1.41 bits per heavy atom. The van der Waals surface area contributed by atoms with Gasteiger partial charge >= 0.3 is 5.97 Å². The summed E-state index contributed by atoms with van der Waals surface area (Å²) in [5.74, 6) is -0.0257. The van der Waals surface area contributed by atoms with Crippen molar-refractivity contribution in [3.63, 3.8) is 0 Å². The number of aliphatic hydroxyl groups is 1. The van der Waals surface area contributed by atoms with E-state index in [-0.39, 0.29) is 29.8 Å². The van der Waals surface area contributed by atoms with Crippen LogP contribution in [0.4, 0.5) is 0 Å². The maximum Gasteiger partial charge on any atom is 0.310 e. The molecule has 1 saturated carbocycles. The second-order valence-electron chi connectivity index (χ2n) is 6.53. The van der Waals surface area contributed by atoms with Gasteiger partial charge in [-0.1, -0.05) is 25.5 Å². The third kappa shape index (κ3) is 3.32. The molecule has 3 heteroatoms. The Hall–Kier alpha value is -0.830. The number of carbonyl (C=O) groups is 1. The van der Waals surface area contributed by atoms with Crippen molar-refractivity contribution >= 4 is 5.97 Å². The molecule has 0 aliphatic heterocycles. The molecule has 17 heavy (non-hydrogen) atoms. The Bertz CT molecular complexity index is 334. The van der Waals surface area contributed by atoms with E-state index in [2.05, 4.69) is 13.8 Å². The topological polar surface area (TPSA) is 46.5 Å². The molecule has 0 aromatic carbocycles.